The number of carbonyl (C=O) groups is 1. The molecule has 5 nitrogen and oxygen atoms in total. The van der Waals surface area contributed by atoms with Crippen molar-refractivity contribution < 1.29 is 67.1 Å². The summed E-state index contributed by atoms with van der Waals surface area (Å²) in [5.41, 5.74) is 2.23. The lowest BCUT2D eigenvalue weighted by atomic mass is 10.1. The van der Waals surface area contributed by atoms with Gasteiger partial charge in [-0.2, -0.15) is 0 Å². The van der Waals surface area contributed by atoms with Gasteiger partial charge in [0.25, 0.3) is 0 Å². The second-order valence-electron chi connectivity index (χ2n) is 6.00. The number of aryl methyl sites for hydroxylation is 2. The number of nitrogens with zero attached hydrogens (tertiary/aromatic N) is 3. The Morgan fingerprint density at radius 2 is 1.46 bits per heavy atom. The van der Waals surface area contributed by atoms with Gasteiger partial charge in [0.2, 0.25) is 0 Å². The van der Waals surface area contributed by atoms with Crippen molar-refractivity contribution in [1.82, 2.24) is 0 Å². The Bertz CT molecular complexity index is 918. The van der Waals surface area contributed by atoms with Gasteiger partial charge in [0, 0.05) is 17.7 Å². The summed E-state index contributed by atoms with van der Waals surface area (Å²) in [4.78, 5) is 12.5. The summed E-state index contributed by atoms with van der Waals surface area (Å²) in [5, 5.41) is 11.7. The van der Waals surface area contributed by atoms with Crippen molar-refractivity contribution in [2.75, 3.05) is 0 Å². The van der Waals surface area contributed by atoms with Crippen molar-refractivity contribution in [3.63, 3.8) is 0 Å². The standard InChI is InChI=1S/C21H20N3O2.2HI/c25-21(19-8-2-1-3-9-19)20-10-5-12-24(17-20)14-6-13-23-11-4-7-18(16-23)15-22-26;;/h1-5,7-12,15-17H,6,13-14H2;2*1H/q+1;;/p-1/b22-15+;;. The molecule has 0 amide bonds. The Balaban J connectivity index is 0.00000196. The van der Waals surface area contributed by atoms with Crippen LogP contribution in [0.4, 0.5) is 0 Å². The fraction of sp³-hybridized carbons (Fsp3) is 0.143. The highest BCUT2D eigenvalue weighted by molar-refractivity contribution is 6.08. The molecule has 0 fully saturated rings. The van der Waals surface area contributed by atoms with Gasteiger partial charge in [-0.25, -0.2) is 9.13 Å². The number of benzene rings is 1. The second-order valence-corrected chi connectivity index (χ2v) is 6.00. The van der Waals surface area contributed by atoms with Crippen LogP contribution in [0.5, 0.6) is 0 Å². The Hall–Kier alpha value is -1.88. The normalized spacial score (nSPS) is 10.1. The third-order valence-corrected chi connectivity index (χ3v) is 4.08. The summed E-state index contributed by atoms with van der Waals surface area (Å²) in [5.74, 6) is 0.0327. The number of halogens is 2. The van der Waals surface area contributed by atoms with Crippen molar-refractivity contribution in [1.29, 1.82) is 0 Å². The molecule has 1 N–H and O–H groups in total. The van der Waals surface area contributed by atoms with Crippen LogP contribution in [-0.2, 0) is 13.1 Å². The van der Waals surface area contributed by atoms with E-state index in [0.717, 1.165) is 25.1 Å². The van der Waals surface area contributed by atoms with E-state index in [1.165, 1.54) is 6.21 Å². The Labute approximate surface area is 198 Å². The minimum Gasteiger partial charge on any atom is -1.00 e. The summed E-state index contributed by atoms with van der Waals surface area (Å²) in [6, 6.07) is 16.9. The van der Waals surface area contributed by atoms with Crippen LogP contribution in [0.2, 0.25) is 0 Å². The molecule has 0 saturated heterocycles. The van der Waals surface area contributed by atoms with Gasteiger partial charge in [0.1, 0.15) is 0 Å². The number of aromatic nitrogens is 2. The lowest BCUT2D eigenvalue weighted by Crippen LogP contribution is -3.00. The van der Waals surface area contributed by atoms with Crippen molar-refractivity contribution in [2.24, 2.45) is 5.16 Å². The number of oxime groups is 1. The highest BCUT2D eigenvalue weighted by Crippen LogP contribution is 2.07. The van der Waals surface area contributed by atoms with Crippen molar-refractivity contribution in [3.05, 3.63) is 96.1 Å². The Kier molecular flexibility index (Phi) is 10.8. The van der Waals surface area contributed by atoms with E-state index in [1.807, 2.05) is 84.0 Å². The van der Waals surface area contributed by atoms with Gasteiger partial charge < -0.3 is 53.2 Å². The van der Waals surface area contributed by atoms with Crippen LogP contribution in [-0.4, -0.2) is 17.2 Å². The molecule has 0 aliphatic heterocycles. The molecule has 7 heteroatoms. The summed E-state index contributed by atoms with van der Waals surface area (Å²) in [6.45, 7) is 1.64. The SMILES string of the molecule is O=C(c1ccccc1)c1ccc[n+](CCC[n+]2cccc(/C=N/O)c2)c1.[I-].[I-]. The Morgan fingerprint density at radius 1 is 0.857 bits per heavy atom. The first-order chi connectivity index (χ1) is 12.8. The topological polar surface area (TPSA) is 57.4 Å². The molecule has 1 aromatic carbocycles. The van der Waals surface area contributed by atoms with Gasteiger partial charge in [0.15, 0.2) is 43.7 Å². The zero-order valence-electron chi connectivity index (χ0n) is 15.2. The van der Waals surface area contributed by atoms with E-state index in [1.54, 1.807) is 0 Å². The molecule has 2 heterocycles. The summed E-state index contributed by atoms with van der Waals surface area (Å²) in [6.07, 6.45) is 10.1. The summed E-state index contributed by atoms with van der Waals surface area (Å²) in [7, 11) is 0. The van der Waals surface area contributed by atoms with E-state index in [2.05, 4.69) is 9.72 Å². The molecule has 0 aliphatic rings. The number of hydrogen-bond acceptors (Lipinski definition) is 3. The third-order valence-electron chi connectivity index (χ3n) is 4.08. The van der Waals surface area contributed by atoms with E-state index >= 15 is 0 Å². The van der Waals surface area contributed by atoms with Gasteiger partial charge in [-0.15, -0.1) is 0 Å². The van der Waals surface area contributed by atoms with E-state index in [0.29, 0.717) is 11.1 Å². The number of carbonyl (C=O) groups excluding carboxylic acids is 1. The predicted molar refractivity (Wildman–Crippen MR) is 97.1 cm³/mol. The zero-order valence-corrected chi connectivity index (χ0v) is 19.5. The molecule has 0 unspecified atom stereocenters. The molecule has 3 rings (SSSR count). The van der Waals surface area contributed by atoms with Crippen LogP contribution >= 0.6 is 0 Å². The second kappa shape index (κ2) is 12.6. The molecular weight excluding hydrogens is 580 g/mol. The van der Waals surface area contributed by atoms with E-state index in [4.69, 9.17) is 5.21 Å². The number of hydrogen-bond donors (Lipinski definition) is 1. The third kappa shape index (κ3) is 6.93. The highest BCUT2D eigenvalue weighted by atomic mass is 127. The average molecular weight is 601 g/mol. The first-order valence-electron chi connectivity index (χ1n) is 8.51. The van der Waals surface area contributed by atoms with Gasteiger partial charge in [-0.05, 0) is 12.1 Å². The molecular formula is C21H21I2N3O2. The van der Waals surface area contributed by atoms with E-state index in [-0.39, 0.29) is 53.7 Å². The maximum atomic E-state index is 12.5. The lowest BCUT2D eigenvalue weighted by Gasteiger charge is -2.01. The highest BCUT2D eigenvalue weighted by Gasteiger charge is 2.13. The first-order valence-corrected chi connectivity index (χ1v) is 8.51. The van der Waals surface area contributed by atoms with Gasteiger partial charge >= 0.3 is 0 Å². The largest absolute Gasteiger partial charge is 1.00 e. The smallest absolute Gasteiger partial charge is 0.199 e. The minimum absolute atomic E-state index is 0. The van der Waals surface area contributed by atoms with E-state index < -0.39 is 0 Å². The van der Waals surface area contributed by atoms with Crippen LogP contribution in [0.25, 0.3) is 0 Å². The molecule has 2 aromatic heterocycles. The summed E-state index contributed by atoms with van der Waals surface area (Å²) < 4.78 is 4.09. The predicted octanol–water partition coefficient (Wildman–Crippen LogP) is -3.60. The molecule has 0 spiro atoms. The lowest BCUT2D eigenvalue weighted by molar-refractivity contribution is -0.727. The molecule has 146 valence electrons. The fourth-order valence-corrected chi connectivity index (χ4v) is 2.81. The summed E-state index contributed by atoms with van der Waals surface area (Å²) >= 11 is 0. The van der Waals surface area contributed by atoms with Gasteiger partial charge in [-0.1, -0.05) is 35.5 Å². The molecule has 0 bridgehead atoms. The average Bonchev–Trinajstić information content (AvgIpc) is 2.69. The number of rotatable bonds is 7. The number of pyridine rings is 2. The maximum Gasteiger partial charge on any atom is 0.199 e. The van der Waals surface area contributed by atoms with Crippen molar-refractivity contribution in [2.45, 2.75) is 19.5 Å². The van der Waals surface area contributed by atoms with Crippen LogP contribution in [0.15, 0.2) is 84.5 Å². The van der Waals surface area contributed by atoms with Crippen LogP contribution in [0.3, 0.4) is 0 Å². The van der Waals surface area contributed by atoms with Crippen LogP contribution in [0, 0.1) is 0 Å². The molecule has 3 aromatic rings. The minimum atomic E-state index is 0. The van der Waals surface area contributed by atoms with Crippen LogP contribution in [0.1, 0.15) is 27.9 Å². The Morgan fingerprint density at radius 3 is 2.14 bits per heavy atom. The molecule has 0 atom stereocenters. The zero-order chi connectivity index (χ0) is 18.2. The number of ketones is 1. The van der Waals surface area contributed by atoms with E-state index in [9.17, 15) is 4.79 Å². The molecule has 0 aliphatic carbocycles. The van der Waals surface area contributed by atoms with Crippen LogP contribution < -0.4 is 57.1 Å². The van der Waals surface area contributed by atoms with Gasteiger partial charge in [-0.3, -0.25) is 4.79 Å². The quantitative estimate of drug-likeness (QED) is 0.0761. The molecule has 28 heavy (non-hydrogen) atoms. The monoisotopic (exact) mass is 601 g/mol. The molecule has 0 radical (unpaired) electrons. The fourth-order valence-electron chi connectivity index (χ4n) is 2.81. The first kappa shape index (κ1) is 24.2. The van der Waals surface area contributed by atoms with Crippen molar-refractivity contribution >= 4 is 12.0 Å². The van der Waals surface area contributed by atoms with Crippen molar-refractivity contribution in [3.8, 4) is 0 Å². The maximum absolute atomic E-state index is 12.5. The molecule has 0 saturated carbocycles. The van der Waals surface area contributed by atoms with Gasteiger partial charge in [0.05, 0.1) is 23.8 Å².